The van der Waals surface area contributed by atoms with Crippen molar-refractivity contribution in [2.24, 2.45) is 5.73 Å². The van der Waals surface area contributed by atoms with E-state index in [0.29, 0.717) is 0 Å². The third-order valence-corrected chi connectivity index (χ3v) is 1.97. The second kappa shape index (κ2) is 3.22. The van der Waals surface area contributed by atoms with Crippen LogP contribution in [0.15, 0.2) is 16.5 Å². The first-order valence-corrected chi connectivity index (χ1v) is 4.10. The van der Waals surface area contributed by atoms with E-state index < -0.39 is 11.5 Å². The average molecular weight is 183 g/mol. The van der Waals surface area contributed by atoms with E-state index in [4.69, 9.17) is 15.3 Å². The Labute approximate surface area is 76.3 Å². The molecule has 0 aliphatic heterocycles. The Hall–Kier alpha value is -1.29. The monoisotopic (exact) mass is 183 g/mol. The second-order valence-electron chi connectivity index (χ2n) is 3.13. The average Bonchev–Trinajstić information content (AvgIpc) is 2.51. The highest BCUT2D eigenvalue weighted by molar-refractivity contribution is 5.78. The molecule has 4 nitrogen and oxygen atoms in total. The zero-order chi connectivity index (χ0) is 10.1. The molecule has 0 spiro atoms. The van der Waals surface area contributed by atoms with Crippen LogP contribution in [0.4, 0.5) is 0 Å². The van der Waals surface area contributed by atoms with Gasteiger partial charge in [0.2, 0.25) is 0 Å². The van der Waals surface area contributed by atoms with Crippen LogP contribution in [-0.4, -0.2) is 11.1 Å². The number of carboxylic acids is 1. The molecular weight excluding hydrogens is 170 g/mol. The van der Waals surface area contributed by atoms with Crippen molar-refractivity contribution in [3.63, 3.8) is 0 Å². The minimum atomic E-state index is -1.44. The number of rotatable bonds is 3. The summed E-state index contributed by atoms with van der Waals surface area (Å²) in [4.78, 5) is 10.7. The lowest BCUT2D eigenvalue weighted by molar-refractivity contribution is -0.143. The van der Waals surface area contributed by atoms with Gasteiger partial charge in [-0.15, -0.1) is 0 Å². The highest BCUT2D eigenvalue weighted by atomic mass is 16.4. The first-order chi connectivity index (χ1) is 5.98. The van der Waals surface area contributed by atoms with Gasteiger partial charge in [-0.3, -0.25) is 0 Å². The quantitative estimate of drug-likeness (QED) is 0.735. The van der Waals surface area contributed by atoms with Crippen molar-refractivity contribution in [2.75, 3.05) is 0 Å². The Morgan fingerprint density at radius 1 is 1.69 bits per heavy atom. The molecule has 1 aromatic rings. The highest BCUT2D eigenvalue weighted by Crippen LogP contribution is 2.20. The summed E-state index contributed by atoms with van der Waals surface area (Å²) in [6.45, 7) is 3.34. The van der Waals surface area contributed by atoms with Gasteiger partial charge in [0, 0.05) is 6.42 Å². The van der Waals surface area contributed by atoms with Crippen LogP contribution in [0.2, 0.25) is 0 Å². The fourth-order valence-corrected chi connectivity index (χ4v) is 0.952. The Balaban J connectivity index is 3.00. The first-order valence-electron chi connectivity index (χ1n) is 4.10. The van der Waals surface area contributed by atoms with Gasteiger partial charge in [0.25, 0.3) is 0 Å². The van der Waals surface area contributed by atoms with Gasteiger partial charge in [0.05, 0.1) is 0 Å². The lowest BCUT2D eigenvalue weighted by atomic mass is 10.0. The van der Waals surface area contributed by atoms with Crippen molar-refractivity contribution in [2.45, 2.75) is 25.8 Å². The van der Waals surface area contributed by atoms with E-state index in [0.717, 1.165) is 12.2 Å². The topological polar surface area (TPSA) is 76.5 Å². The summed E-state index contributed by atoms with van der Waals surface area (Å²) in [7, 11) is 0. The summed E-state index contributed by atoms with van der Waals surface area (Å²) in [5.41, 5.74) is 4.12. The third-order valence-electron chi connectivity index (χ3n) is 1.97. The molecular formula is C9H13NO3. The molecule has 1 aromatic heterocycles. The minimum absolute atomic E-state index is 0.289. The molecule has 3 N–H and O–H groups in total. The fraction of sp³-hybridized carbons (Fsp3) is 0.444. The van der Waals surface area contributed by atoms with E-state index in [-0.39, 0.29) is 5.76 Å². The van der Waals surface area contributed by atoms with Crippen LogP contribution in [0.25, 0.3) is 0 Å². The Kier molecular flexibility index (Phi) is 2.43. The van der Waals surface area contributed by atoms with E-state index in [1.807, 2.05) is 6.92 Å². The molecule has 0 saturated heterocycles. The van der Waals surface area contributed by atoms with Gasteiger partial charge in [-0.05, 0) is 19.1 Å². The molecule has 0 unspecified atom stereocenters. The third kappa shape index (κ3) is 1.72. The Bertz CT molecular complexity index is 314. The van der Waals surface area contributed by atoms with Crippen molar-refractivity contribution in [3.05, 3.63) is 23.7 Å². The van der Waals surface area contributed by atoms with Crippen molar-refractivity contribution in [1.29, 1.82) is 0 Å². The van der Waals surface area contributed by atoms with Crippen LogP contribution < -0.4 is 5.73 Å². The Morgan fingerprint density at radius 3 is 2.69 bits per heavy atom. The van der Waals surface area contributed by atoms with Crippen molar-refractivity contribution < 1.29 is 14.3 Å². The fourth-order valence-electron chi connectivity index (χ4n) is 0.952. The number of carbonyl (C=O) groups is 1. The predicted octanol–water partition coefficient (Wildman–Crippen LogP) is 1.10. The Morgan fingerprint density at radius 2 is 2.31 bits per heavy atom. The number of carboxylic acid groups (broad SMARTS) is 1. The molecule has 0 saturated carbocycles. The lowest BCUT2D eigenvalue weighted by Gasteiger charge is -2.15. The number of aryl methyl sites for hydroxylation is 1. The zero-order valence-electron chi connectivity index (χ0n) is 7.70. The maximum Gasteiger partial charge on any atom is 0.331 e. The number of furan rings is 1. The lowest BCUT2D eigenvalue weighted by Crippen LogP contribution is -2.41. The van der Waals surface area contributed by atoms with E-state index in [1.54, 1.807) is 12.1 Å². The number of nitrogens with two attached hydrogens (primary N) is 1. The summed E-state index contributed by atoms with van der Waals surface area (Å²) in [6.07, 6.45) is 0.732. The molecule has 4 heteroatoms. The molecule has 1 heterocycles. The van der Waals surface area contributed by atoms with Gasteiger partial charge in [-0.1, -0.05) is 6.92 Å². The zero-order valence-corrected chi connectivity index (χ0v) is 7.70. The van der Waals surface area contributed by atoms with Gasteiger partial charge >= 0.3 is 5.97 Å². The van der Waals surface area contributed by atoms with Gasteiger partial charge in [0.1, 0.15) is 11.5 Å². The molecule has 0 fully saturated rings. The van der Waals surface area contributed by atoms with Crippen LogP contribution in [0.3, 0.4) is 0 Å². The van der Waals surface area contributed by atoms with E-state index in [9.17, 15) is 4.79 Å². The second-order valence-corrected chi connectivity index (χ2v) is 3.13. The molecule has 0 amide bonds. The van der Waals surface area contributed by atoms with Crippen molar-refractivity contribution in [3.8, 4) is 0 Å². The predicted molar refractivity (Wildman–Crippen MR) is 47.3 cm³/mol. The summed E-state index contributed by atoms with van der Waals surface area (Å²) in [5.74, 6) is -0.0609. The molecule has 0 bridgehead atoms. The molecule has 1 rings (SSSR count). The maximum absolute atomic E-state index is 10.7. The van der Waals surface area contributed by atoms with Crippen LogP contribution >= 0.6 is 0 Å². The van der Waals surface area contributed by atoms with Crippen molar-refractivity contribution >= 4 is 5.97 Å². The summed E-state index contributed by atoms with van der Waals surface area (Å²) >= 11 is 0. The van der Waals surface area contributed by atoms with Gasteiger partial charge < -0.3 is 15.3 Å². The van der Waals surface area contributed by atoms with E-state index >= 15 is 0 Å². The smallest absolute Gasteiger partial charge is 0.331 e. The van der Waals surface area contributed by atoms with Crippen LogP contribution in [0.5, 0.6) is 0 Å². The van der Waals surface area contributed by atoms with Crippen LogP contribution in [0, 0.1) is 0 Å². The van der Waals surface area contributed by atoms with Crippen LogP contribution in [-0.2, 0) is 16.8 Å². The first kappa shape index (κ1) is 9.80. The number of aliphatic carboxylic acids is 1. The molecule has 0 radical (unpaired) electrons. The number of hydrogen-bond donors (Lipinski definition) is 2. The molecule has 0 aromatic carbocycles. The normalized spacial score (nSPS) is 15.3. The largest absolute Gasteiger partial charge is 0.480 e. The van der Waals surface area contributed by atoms with Gasteiger partial charge in [-0.2, -0.15) is 0 Å². The standard InChI is InChI=1S/C9H13NO3/c1-3-6-4-5-7(13-6)9(2,10)8(11)12/h4-5H,3,10H2,1-2H3,(H,11,12)/t9-/m0/s1. The van der Waals surface area contributed by atoms with Gasteiger partial charge in [0.15, 0.2) is 5.54 Å². The summed E-state index contributed by atoms with van der Waals surface area (Å²) in [5, 5.41) is 8.79. The van der Waals surface area contributed by atoms with E-state index in [1.165, 1.54) is 6.92 Å². The molecule has 0 aliphatic rings. The maximum atomic E-state index is 10.7. The molecule has 72 valence electrons. The molecule has 13 heavy (non-hydrogen) atoms. The van der Waals surface area contributed by atoms with E-state index in [2.05, 4.69) is 0 Å². The van der Waals surface area contributed by atoms with Crippen molar-refractivity contribution in [1.82, 2.24) is 0 Å². The van der Waals surface area contributed by atoms with Gasteiger partial charge in [-0.25, -0.2) is 4.79 Å². The number of hydrogen-bond acceptors (Lipinski definition) is 3. The minimum Gasteiger partial charge on any atom is -0.480 e. The molecule has 1 atom stereocenters. The summed E-state index contributed by atoms with van der Waals surface area (Å²) in [6, 6.07) is 3.34. The summed E-state index contributed by atoms with van der Waals surface area (Å²) < 4.78 is 5.25. The van der Waals surface area contributed by atoms with Crippen LogP contribution in [0.1, 0.15) is 25.4 Å². The SMILES string of the molecule is CCc1ccc([C@](C)(N)C(=O)O)o1. The molecule has 0 aliphatic carbocycles. The highest BCUT2D eigenvalue weighted by Gasteiger charge is 2.33.